The fourth-order valence-corrected chi connectivity index (χ4v) is 4.35. The van der Waals surface area contributed by atoms with E-state index in [9.17, 15) is 19.1 Å². The van der Waals surface area contributed by atoms with Crippen LogP contribution >= 0.6 is 11.3 Å². The molecular weight excluding hydrogens is 403 g/mol. The SMILES string of the molecule is Cc1ccc(/C(O)=C2\C(=O)C(=O)N(c3nc(C)c(C)s3)[C@H]2c2ccc(F)cc2)cc1. The number of carbonyl (C=O) groups is 2. The first-order chi connectivity index (χ1) is 14.3. The number of carbonyl (C=O) groups excluding carboxylic acids is 2. The third kappa shape index (κ3) is 3.31. The lowest BCUT2D eigenvalue weighted by Gasteiger charge is -2.23. The zero-order valence-electron chi connectivity index (χ0n) is 16.6. The van der Waals surface area contributed by atoms with Gasteiger partial charge in [-0.25, -0.2) is 9.37 Å². The fourth-order valence-electron chi connectivity index (χ4n) is 3.42. The summed E-state index contributed by atoms with van der Waals surface area (Å²) < 4.78 is 13.5. The van der Waals surface area contributed by atoms with E-state index in [1.807, 2.05) is 32.9 Å². The molecule has 1 amide bonds. The number of aryl methyl sites for hydroxylation is 3. The van der Waals surface area contributed by atoms with Crippen LogP contribution in [-0.2, 0) is 9.59 Å². The van der Waals surface area contributed by atoms with Crippen LogP contribution in [0.3, 0.4) is 0 Å². The van der Waals surface area contributed by atoms with Crippen molar-refractivity contribution in [1.82, 2.24) is 4.98 Å². The Labute approximate surface area is 177 Å². The predicted octanol–water partition coefficient (Wildman–Crippen LogP) is 4.83. The maximum Gasteiger partial charge on any atom is 0.301 e. The molecule has 0 aliphatic carbocycles. The largest absolute Gasteiger partial charge is 0.507 e. The maximum atomic E-state index is 13.5. The molecule has 1 saturated heterocycles. The van der Waals surface area contributed by atoms with Gasteiger partial charge in [0.25, 0.3) is 5.78 Å². The van der Waals surface area contributed by atoms with E-state index < -0.39 is 23.5 Å². The minimum atomic E-state index is -0.906. The predicted molar refractivity (Wildman–Crippen MR) is 114 cm³/mol. The molecule has 1 aliphatic rings. The van der Waals surface area contributed by atoms with Crippen LogP contribution < -0.4 is 4.90 Å². The van der Waals surface area contributed by atoms with Gasteiger partial charge < -0.3 is 5.11 Å². The Morgan fingerprint density at radius 2 is 1.67 bits per heavy atom. The van der Waals surface area contributed by atoms with Gasteiger partial charge in [0.15, 0.2) is 5.13 Å². The summed E-state index contributed by atoms with van der Waals surface area (Å²) in [4.78, 5) is 32.7. The molecule has 2 aromatic carbocycles. The van der Waals surface area contributed by atoms with Crippen molar-refractivity contribution in [2.45, 2.75) is 26.8 Å². The lowest BCUT2D eigenvalue weighted by atomic mass is 9.95. The normalized spacial score (nSPS) is 18.3. The van der Waals surface area contributed by atoms with E-state index >= 15 is 0 Å². The molecule has 30 heavy (non-hydrogen) atoms. The molecule has 7 heteroatoms. The lowest BCUT2D eigenvalue weighted by Crippen LogP contribution is -2.29. The van der Waals surface area contributed by atoms with Crippen LogP contribution in [0.25, 0.3) is 5.76 Å². The Kier molecular flexibility index (Phi) is 4.99. The van der Waals surface area contributed by atoms with Gasteiger partial charge in [0.1, 0.15) is 11.6 Å². The van der Waals surface area contributed by atoms with E-state index in [4.69, 9.17) is 0 Å². The summed E-state index contributed by atoms with van der Waals surface area (Å²) in [5.41, 5.74) is 2.65. The summed E-state index contributed by atoms with van der Waals surface area (Å²) in [7, 11) is 0. The quantitative estimate of drug-likeness (QED) is 0.373. The molecule has 0 bridgehead atoms. The van der Waals surface area contributed by atoms with Gasteiger partial charge in [-0.05, 0) is 38.5 Å². The summed E-state index contributed by atoms with van der Waals surface area (Å²) in [5, 5.41) is 11.4. The van der Waals surface area contributed by atoms with E-state index in [-0.39, 0.29) is 11.3 Å². The van der Waals surface area contributed by atoms with Crippen molar-refractivity contribution in [3.63, 3.8) is 0 Å². The highest BCUT2D eigenvalue weighted by molar-refractivity contribution is 7.16. The first-order valence-corrected chi connectivity index (χ1v) is 10.2. The second kappa shape index (κ2) is 7.50. The van der Waals surface area contributed by atoms with Crippen molar-refractivity contribution in [2.75, 3.05) is 4.90 Å². The highest BCUT2D eigenvalue weighted by Gasteiger charge is 2.48. The minimum Gasteiger partial charge on any atom is -0.507 e. The molecule has 0 radical (unpaired) electrons. The summed E-state index contributed by atoms with van der Waals surface area (Å²) in [6.07, 6.45) is 0. The number of benzene rings is 2. The molecule has 1 atom stereocenters. The number of aliphatic hydroxyl groups is 1. The van der Waals surface area contributed by atoms with E-state index in [2.05, 4.69) is 4.98 Å². The number of Topliss-reactive ketones (excluding diaryl/α,β-unsaturated/α-hetero) is 1. The molecule has 3 aromatic rings. The van der Waals surface area contributed by atoms with E-state index in [0.29, 0.717) is 16.3 Å². The second-order valence-corrected chi connectivity index (χ2v) is 8.41. The van der Waals surface area contributed by atoms with E-state index in [1.54, 1.807) is 12.1 Å². The molecule has 2 heterocycles. The molecule has 1 aliphatic heterocycles. The second-order valence-electron chi connectivity index (χ2n) is 7.22. The Morgan fingerprint density at radius 1 is 1.03 bits per heavy atom. The van der Waals surface area contributed by atoms with Gasteiger partial charge in [0.05, 0.1) is 17.3 Å². The highest BCUT2D eigenvalue weighted by atomic mass is 32.1. The molecule has 5 nitrogen and oxygen atoms in total. The number of ketones is 1. The summed E-state index contributed by atoms with van der Waals surface area (Å²) in [5.74, 6) is -2.27. The highest BCUT2D eigenvalue weighted by Crippen LogP contribution is 2.43. The van der Waals surface area contributed by atoms with Crippen LogP contribution in [0.1, 0.15) is 33.3 Å². The van der Waals surface area contributed by atoms with Crippen molar-refractivity contribution < 1.29 is 19.1 Å². The van der Waals surface area contributed by atoms with Crippen LogP contribution in [-0.4, -0.2) is 21.8 Å². The molecule has 0 spiro atoms. The number of hydrogen-bond donors (Lipinski definition) is 1. The number of halogens is 1. The van der Waals surface area contributed by atoms with Gasteiger partial charge in [-0.3, -0.25) is 14.5 Å². The van der Waals surface area contributed by atoms with Gasteiger partial charge in [-0.1, -0.05) is 42.0 Å². The molecular formula is C23H19FN2O3S. The summed E-state index contributed by atoms with van der Waals surface area (Å²) in [6.45, 7) is 5.62. The number of hydrogen-bond acceptors (Lipinski definition) is 5. The number of thiazole rings is 1. The maximum absolute atomic E-state index is 13.5. The van der Waals surface area contributed by atoms with Crippen molar-refractivity contribution in [3.05, 3.63) is 87.2 Å². The minimum absolute atomic E-state index is 0.0408. The van der Waals surface area contributed by atoms with Crippen molar-refractivity contribution >= 4 is 33.9 Å². The number of anilines is 1. The number of nitrogens with zero attached hydrogens (tertiary/aromatic N) is 2. The zero-order chi connectivity index (χ0) is 21.6. The fraction of sp³-hybridized carbons (Fsp3) is 0.174. The van der Waals surface area contributed by atoms with Crippen LogP contribution in [0, 0.1) is 26.6 Å². The first kappa shape index (κ1) is 20.0. The summed E-state index contributed by atoms with van der Waals surface area (Å²) in [6, 6.07) is 11.6. The van der Waals surface area contributed by atoms with E-state index in [1.165, 1.54) is 40.5 Å². The number of aromatic nitrogens is 1. The van der Waals surface area contributed by atoms with Gasteiger partial charge in [-0.15, -0.1) is 11.3 Å². The van der Waals surface area contributed by atoms with Gasteiger partial charge in [-0.2, -0.15) is 0 Å². The van der Waals surface area contributed by atoms with Crippen molar-refractivity contribution in [1.29, 1.82) is 0 Å². The molecule has 1 aromatic heterocycles. The molecule has 152 valence electrons. The van der Waals surface area contributed by atoms with Crippen LogP contribution in [0.15, 0.2) is 54.1 Å². The van der Waals surface area contributed by atoms with E-state index in [0.717, 1.165) is 16.1 Å². The molecule has 0 unspecified atom stereocenters. The van der Waals surface area contributed by atoms with Gasteiger partial charge in [0, 0.05) is 10.4 Å². The van der Waals surface area contributed by atoms with Crippen molar-refractivity contribution in [3.8, 4) is 0 Å². The van der Waals surface area contributed by atoms with Gasteiger partial charge in [0.2, 0.25) is 0 Å². The molecule has 1 N–H and O–H groups in total. The number of aliphatic hydroxyl groups excluding tert-OH is 1. The first-order valence-electron chi connectivity index (χ1n) is 9.35. The average molecular weight is 422 g/mol. The third-order valence-corrected chi connectivity index (χ3v) is 6.25. The number of rotatable bonds is 3. The van der Waals surface area contributed by atoms with Crippen LogP contribution in [0.5, 0.6) is 0 Å². The zero-order valence-corrected chi connectivity index (χ0v) is 17.5. The summed E-state index contributed by atoms with van der Waals surface area (Å²) >= 11 is 1.29. The smallest absolute Gasteiger partial charge is 0.301 e. The van der Waals surface area contributed by atoms with Crippen LogP contribution in [0.2, 0.25) is 0 Å². The van der Waals surface area contributed by atoms with Crippen LogP contribution in [0.4, 0.5) is 9.52 Å². The average Bonchev–Trinajstić information content (AvgIpc) is 3.18. The topological polar surface area (TPSA) is 70.5 Å². The molecule has 0 saturated carbocycles. The van der Waals surface area contributed by atoms with Crippen molar-refractivity contribution in [2.24, 2.45) is 0 Å². The Balaban J connectivity index is 1.94. The third-order valence-electron chi connectivity index (χ3n) is 5.18. The van der Waals surface area contributed by atoms with Gasteiger partial charge >= 0.3 is 5.91 Å². The molecule has 4 rings (SSSR count). The Morgan fingerprint density at radius 3 is 2.23 bits per heavy atom. The molecule has 1 fully saturated rings. The monoisotopic (exact) mass is 422 g/mol. The Hall–Kier alpha value is -3.32. The number of amides is 1. The standard InChI is InChI=1S/C23H19FN2O3S/c1-12-4-6-16(7-5-12)20(27)18-19(15-8-10-17(24)11-9-15)26(22(29)21(18)28)23-25-13(2)14(3)30-23/h4-11,19,27H,1-3H3/b20-18+/t19-/m0/s1. The lowest BCUT2D eigenvalue weighted by molar-refractivity contribution is -0.132. The Bertz CT molecular complexity index is 1160.